The number of methoxy groups -OCH3 is 1. The van der Waals surface area contributed by atoms with Crippen LogP contribution in [0.4, 0.5) is 4.39 Å². The van der Waals surface area contributed by atoms with Crippen LogP contribution in [-0.2, 0) is 6.61 Å². The van der Waals surface area contributed by atoms with Gasteiger partial charge in [0.15, 0.2) is 11.5 Å². The molecule has 0 radical (unpaired) electrons. The summed E-state index contributed by atoms with van der Waals surface area (Å²) in [5, 5.41) is 4.04. The molecule has 1 N–H and O–H groups in total. The van der Waals surface area contributed by atoms with E-state index in [1.165, 1.54) is 25.5 Å². The van der Waals surface area contributed by atoms with Crippen molar-refractivity contribution in [3.63, 3.8) is 0 Å². The number of hydrogen-bond acceptors (Lipinski definition) is 5. The van der Waals surface area contributed by atoms with Crippen LogP contribution in [0.15, 0.2) is 65.8 Å². The minimum absolute atomic E-state index is 0.280. The molecule has 0 saturated carbocycles. The number of hydrogen-bond donors (Lipinski definition) is 1. The minimum Gasteiger partial charge on any atom is -0.496 e. The van der Waals surface area contributed by atoms with Crippen LogP contribution in [0.25, 0.3) is 0 Å². The summed E-state index contributed by atoms with van der Waals surface area (Å²) in [7, 11) is 1.52. The summed E-state index contributed by atoms with van der Waals surface area (Å²) in [6.07, 6.45) is 1.52. The molecule has 3 aromatic carbocycles. The van der Waals surface area contributed by atoms with Gasteiger partial charge in [-0.1, -0.05) is 18.2 Å². The number of halogens is 1. The van der Waals surface area contributed by atoms with Crippen molar-refractivity contribution in [1.82, 2.24) is 5.43 Å². The Labute approximate surface area is 186 Å². The number of carbonyl (C=O) groups excluding carboxylic acids is 1. The van der Waals surface area contributed by atoms with Crippen LogP contribution >= 0.6 is 0 Å². The van der Waals surface area contributed by atoms with E-state index in [4.69, 9.17) is 14.2 Å². The van der Waals surface area contributed by atoms with Gasteiger partial charge in [-0.2, -0.15) is 5.10 Å². The Morgan fingerprint density at radius 2 is 1.78 bits per heavy atom. The second-order valence-corrected chi connectivity index (χ2v) is 6.96. The molecule has 0 aliphatic rings. The molecule has 0 saturated heterocycles. The number of nitrogens with one attached hydrogen (secondary N) is 1. The average Bonchev–Trinajstić information content (AvgIpc) is 2.79. The number of aryl methyl sites for hydroxylation is 1. The van der Waals surface area contributed by atoms with Gasteiger partial charge in [-0.3, -0.25) is 4.79 Å². The normalized spacial score (nSPS) is 10.8. The SMILES string of the molecule is CCOc1cc(/C=N\NC(=O)c2ccc(C)cc2OC)ccc1OCc1ccc(F)cc1. The lowest BCUT2D eigenvalue weighted by atomic mass is 10.1. The largest absolute Gasteiger partial charge is 0.496 e. The molecule has 166 valence electrons. The molecule has 0 heterocycles. The number of benzene rings is 3. The number of amides is 1. The molecule has 0 spiro atoms. The molecule has 0 fully saturated rings. The molecule has 0 aliphatic carbocycles. The van der Waals surface area contributed by atoms with E-state index < -0.39 is 0 Å². The zero-order valence-electron chi connectivity index (χ0n) is 18.2. The number of carbonyl (C=O) groups is 1. The summed E-state index contributed by atoms with van der Waals surface area (Å²) < 4.78 is 29.8. The van der Waals surface area contributed by atoms with Crippen molar-refractivity contribution in [3.8, 4) is 17.2 Å². The van der Waals surface area contributed by atoms with Gasteiger partial charge in [0.25, 0.3) is 5.91 Å². The van der Waals surface area contributed by atoms with Crippen LogP contribution in [0, 0.1) is 12.7 Å². The van der Waals surface area contributed by atoms with Gasteiger partial charge in [-0.05, 0) is 73.0 Å². The highest BCUT2D eigenvalue weighted by atomic mass is 19.1. The van der Waals surface area contributed by atoms with E-state index in [0.717, 1.165) is 16.7 Å². The van der Waals surface area contributed by atoms with Gasteiger partial charge in [0.1, 0.15) is 18.2 Å². The van der Waals surface area contributed by atoms with E-state index >= 15 is 0 Å². The number of hydrazone groups is 1. The van der Waals surface area contributed by atoms with Gasteiger partial charge in [-0.15, -0.1) is 0 Å². The van der Waals surface area contributed by atoms with E-state index in [2.05, 4.69) is 10.5 Å². The zero-order chi connectivity index (χ0) is 22.9. The second-order valence-electron chi connectivity index (χ2n) is 6.96. The lowest BCUT2D eigenvalue weighted by Gasteiger charge is -2.12. The first-order chi connectivity index (χ1) is 15.5. The van der Waals surface area contributed by atoms with Crippen LogP contribution in [0.1, 0.15) is 34.0 Å². The molecule has 0 aromatic heterocycles. The molecule has 3 aromatic rings. The Hall–Kier alpha value is -3.87. The first-order valence-corrected chi connectivity index (χ1v) is 10.1. The molecule has 0 bridgehead atoms. The van der Waals surface area contributed by atoms with E-state index in [-0.39, 0.29) is 18.3 Å². The molecule has 7 heteroatoms. The van der Waals surface area contributed by atoms with Gasteiger partial charge in [-0.25, -0.2) is 9.82 Å². The minimum atomic E-state index is -0.373. The van der Waals surface area contributed by atoms with E-state index in [9.17, 15) is 9.18 Å². The summed E-state index contributed by atoms with van der Waals surface area (Å²) in [5.74, 6) is 0.925. The van der Waals surface area contributed by atoms with Crippen LogP contribution in [0.5, 0.6) is 17.2 Å². The molecule has 32 heavy (non-hydrogen) atoms. The van der Waals surface area contributed by atoms with Crippen molar-refractivity contribution in [2.75, 3.05) is 13.7 Å². The van der Waals surface area contributed by atoms with Gasteiger partial charge in [0, 0.05) is 0 Å². The Kier molecular flexibility index (Phi) is 7.80. The van der Waals surface area contributed by atoms with Crippen molar-refractivity contribution in [2.45, 2.75) is 20.5 Å². The van der Waals surface area contributed by atoms with Crippen molar-refractivity contribution < 1.29 is 23.4 Å². The van der Waals surface area contributed by atoms with Crippen molar-refractivity contribution in [1.29, 1.82) is 0 Å². The van der Waals surface area contributed by atoms with E-state index in [1.54, 1.807) is 42.5 Å². The fraction of sp³-hybridized carbons (Fsp3) is 0.200. The average molecular weight is 436 g/mol. The van der Waals surface area contributed by atoms with Gasteiger partial charge in [0.05, 0.1) is 25.5 Å². The summed E-state index contributed by atoms with van der Waals surface area (Å²) in [6.45, 7) is 4.53. The lowest BCUT2D eigenvalue weighted by Crippen LogP contribution is -2.18. The number of rotatable bonds is 9. The fourth-order valence-electron chi connectivity index (χ4n) is 2.95. The molecule has 1 amide bonds. The van der Waals surface area contributed by atoms with Gasteiger partial charge >= 0.3 is 0 Å². The maximum Gasteiger partial charge on any atom is 0.275 e. The summed E-state index contributed by atoms with van der Waals surface area (Å²) >= 11 is 0. The predicted molar refractivity (Wildman–Crippen MR) is 121 cm³/mol. The van der Waals surface area contributed by atoms with E-state index in [0.29, 0.717) is 29.4 Å². The van der Waals surface area contributed by atoms with Crippen molar-refractivity contribution in [2.24, 2.45) is 5.10 Å². The first kappa shape index (κ1) is 22.8. The quantitative estimate of drug-likeness (QED) is 0.383. The highest BCUT2D eigenvalue weighted by Crippen LogP contribution is 2.29. The van der Waals surface area contributed by atoms with Crippen LogP contribution < -0.4 is 19.6 Å². The van der Waals surface area contributed by atoms with E-state index in [1.807, 2.05) is 19.9 Å². The highest BCUT2D eigenvalue weighted by Gasteiger charge is 2.11. The third kappa shape index (κ3) is 6.07. The van der Waals surface area contributed by atoms with Crippen LogP contribution in [0.3, 0.4) is 0 Å². The third-order valence-corrected chi connectivity index (χ3v) is 4.56. The summed E-state index contributed by atoms with van der Waals surface area (Å²) in [6, 6.07) is 16.8. The topological polar surface area (TPSA) is 69.2 Å². The fourth-order valence-corrected chi connectivity index (χ4v) is 2.95. The molecule has 6 nitrogen and oxygen atoms in total. The van der Waals surface area contributed by atoms with Crippen LogP contribution in [0.2, 0.25) is 0 Å². The molecule has 3 rings (SSSR count). The number of nitrogens with zero attached hydrogens (tertiary/aromatic N) is 1. The molecular formula is C25H25FN2O4. The number of ether oxygens (including phenoxy) is 3. The summed E-state index contributed by atoms with van der Waals surface area (Å²) in [5.41, 5.74) is 5.46. The second kappa shape index (κ2) is 10.9. The highest BCUT2D eigenvalue weighted by molar-refractivity contribution is 5.97. The van der Waals surface area contributed by atoms with Gasteiger partial charge < -0.3 is 14.2 Å². The van der Waals surface area contributed by atoms with Gasteiger partial charge in [0.2, 0.25) is 0 Å². The van der Waals surface area contributed by atoms with Crippen molar-refractivity contribution >= 4 is 12.1 Å². The maximum atomic E-state index is 13.1. The van der Waals surface area contributed by atoms with Crippen LogP contribution in [-0.4, -0.2) is 25.8 Å². The lowest BCUT2D eigenvalue weighted by molar-refractivity contribution is 0.0952. The predicted octanol–water partition coefficient (Wildman–Crippen LogP) is 4.88. The summed E-state index contributed by atoms with van der Waals surface area (Å²) in [4.78, 5) is 12.4. The standard InChI is InChI=1S/C25H25FN2O4/c1-4-31-24-14-19(8-12-22(24)32-16-18-6-9-20(26)10-7-18)15-27-28-25(29)21-11-5-17(2)13-23(21)30-3/h5-15H,4,16H2,1-3H3,(H,28,29)/b27-15-. The Morgan fingerprint density at radius 1 is 1.00 bits per heavy atom. The monoisotopic (exact) mass is 436 g/mol. The molecule has 0 atom stereocenters. The Balaban J connectivity index is 1.67. The molecule has 0 unspecified atom stereocenters. The maximum absolute atomic E-state index is 13.1. The molecule has 0 aliphatic heterocycles. The zero-order valence-corrected chi connectivity index (χ0v) is 18.2. The first-order valence-electron chi connectivity index (χ1n) is 10.1. The van der Waals surface area contributed by atoms with Crippen molar-refractivity contribution in [3.05, 3.63) is 88.7 Å². The smallest absolute Gasteiger partial charge is 0.275 e. The third-order valence-electron chi connectivity index (χ3n) is 4.56. The Morgan fingerprint density at radius 3 is 2.50 bits per heavy atom. The molecular weight excluding hydrogens is 411 g/mol. The Bertz CT molecular complexity index is 1100.